The van der Waals surface area contributed by atoms with Gasteiger partial charge in [-0.3, -0.25) is 4.79 Å². The van der Waals surface area contributed by atoms with E-state index in [4.69, 9.17) is 4.74 Å². The average molecular weight is 323 g/mol. The van der Waals surface area contributed by atoms with Gasteiger partial charge in [-0.05, 0) is 33.6 Å². The standard InChI is InChI=1S/C17H29N3O3/c1-17(2,3)23-16(22)19(4)12-13-11-15(21)20(18-13)14-9-7-5-6-8-10-14/h14H,5-12H2,1-4H3. The highest BCUT2D eigenvalue weighted by Gasteiger charge is 2.31. The Hall–Kier alpha value is -1.59. The highest BCUT2D eigenvalue weighted by molar-refractivity contribution is 6.06. The van der Waals surface area contributed by atoms with Gasteiger partial charge in [0.2, 0.25) is 5.91 Å². The molecule has 0 saturated heterocycles. The second kappa shape index (κ2) is 7.32. The Morgan fingerprint density at radius 3 is 2.43 bits per heavy atom. The second-order valence-electron chi connectivity index (χ2n) is 7.56. The van der Waals surface area contributed by atoms with Crippen LogP contribution < -0.4 is 0 Å². The summed E-state index contributed by atoms with van der Waals surface area (Å²) in [5.74, 6) is 0.0597. The zero-order valence-corrected chi connectivity index (χ0v) is 14.8. The highest BCUT2D eigenvalue weighted by atomic mass is 16.6. The molecule has 23 heavy (non-hydrogen) atoms. The predicted molar refractivity (Wildman–Crippen MR) is 89.3 cm³/mol. The summed E-state index contributed by atoms with van der Waals surface area (Å²) in [7, 11) is 1.68. The van der Waals surface area contributed by atoms with Crippen LogP contribution in [0.3, 0.4) is 0 Å². The number of hydrazone groups is 1. The van der Waals surface area contributed by atoms with Crippen LogP contribution in [0, 0.1) is 0 Å². The van der Waals surface area contributed by atoms with Crippen LogP contribution >= 0.6 is 0 Å². The van der Waals surface area contributed by atoms with Crippen molar-refractivity contribution in [1.82, 2.24) is 9.91 Å². The van der Waals surface area contributed by atoms with Gasteiger partial charge in [0.1, 0.15) is 5.60 Å². The lowest BCUT2D eigenvalue weighted by molar-refractivity contribution is -0.131. The van der Waals surface area contributed by atoms with Gasteiger partial charge < -0.3 is 9.64 Å². The van der Waals surface area contributed by atoms with E-state index in [1.165, 1.54) is 17.7 Å². The van der Waals surface area contributed by atoms with Crippen LogP contribution in [0.2, 0.25) is 0 Å². The molecule has 0 N–H and O–H groups in total. The molecule has 0 aromatic carbocycles. The summed E-state index contributed by atoms with van der Waals surface area (Å²) in [6.45, 7) is 5.85. The molecule has 1 saturated carbocycles. The van der Waals surface area contributed by atoms with Crippen molar-refractivity contribution < 1.29 is 14.3 Å². The first-order valence-electron chi connectivity index (χ1n) is 8.59. The number of rotatable bonds is 3. The van der Waals surface area contributed by atoms with Gasteiger partial charge in [-0.2, -0.15) is 5.10 Å². The fourth-order valence-electron chi connectivity index (χ4n) is 3.05. The molecule has 0 atom stereocenters. The third kappa shape index (κ3) is 5.22. The summed E-state index contributed by atoms with van der Waals surface area (Å²) in [4.78, 5) is 25.7. The zero-order valence-electron chi connectivity index (χ0n) is 14.8. The van der Waals surface area contributed by atoms with E-state index in [2.05, 4.69) is 5.10 Å². The second-order valence-corrected chi connectivity index (χ2v) is 7.56. The molecule has 0 unspecified atom stereocenters. The Morgan fingerprint density at radius 2 is 1.87 bits per heavy atom. The van der Waals surface area contributed by atoms with E-state index in [1.807, 2.05) is 20.8 Å². The molecule has 6 nitrogen and oxygen atoms in total. The Bertz CT molecular complexity index is 474. The summed E-state index contributed by atoms with van der Waals surface area (Å²) in [6, 6.07) is 0.231. The smallest absolute Gasteiger partial charge is 0.410 e. The van der Waals surface area contributed by atoms with E-state index in [0.29, 0.717) is 13.0 Å². The SMILES string of the molecule is CN(CC1=NN(C2CCCCCC2)C(=O)C1)C(=O)OC(C)(C)C. The van der Waals surface area contributed by atoms with Crippen LogP contribution in [0.15, 0.2) is 5.10 Å². The lowest BCUT2D eigenvalue weighted by Crippen LogP contribution is -2.37. The van der Waals surface area contributed by atoms with Gasteiger partial charge in [-0.15, -0.1) is 0 Å². The molecular weight excluding hydrogens is 294 g/mol. The van der Waals surface area contributed by atoms with Gasteiger partial charge in [-0.1, -0.05) is 25.7 Å². The molecule has 1 fully saturated rings. The molecule has 2 amide bonds. The number of hydrogen-bond donors (Lipinski definition) is 0. The average Bonchev–Trinajstić information content (AvgIpc) is 2.64. The predicted octanol–water partition coefficient (Wildman–Crippen LogP) is 3.16. The van der Waals surface area contributed by atoms with Crippen molar-refractivity contribution in [2.75, 3.05) is 13.6 Å². The quantitative estimate of drug-likeness (QED) is 0.749. The molecule has 0 radical (unpaired) electrons. The van der Waals surface area contributed by atoms with Crippen molar-refractivity contribution in [2.45, 2.75) is 77.4 Å². The molecule has 130 valence electrons. The largest absolute Gasteiger partial charge is 0.444 e. The number of hydrogen-bond acceptors (Lipinski definition) is 4. The van der Waals surface area contributed by atoms with Crippen LogP contribution in [0.4, 0.5) is 4.79 Å². The molecule has 0 bridgehead atoms. The van der Waals surface area contributed by atoms with Crippen molar-refractivity contribution >= 4 is 17.7 Å². The maximum atomic E-state index is 12.3. The molecule has 6 heteroatoms. The fourth-order valence-corrected chi connectivity index (χ4v) is 3.05. The van der Waals surface area contributed by atoms with Crippen molar-refractivity contribution in [2.24, 2.45) is 5.10 Å². The first-order valence-corrected chi connectivity index (χ1v) is 8.59. The summed E-state index contributed by atoms with van der Waals surface area (Å²) < 4.78 is 5.33. The lowest BCUT2D eigenvalue weighted by atomic mass is 10.1. The number of ether oxygens (including phenoxy) is 1. The summed E-state index contributed by atoms with van der Waals surface area (Å²) in [5.41, 5.74) is 0.220. The minimum absolute atomic E-state index is 0.0597. The van der Waals surface area contributed by atoms with Crippen LogP contribution in [-0.4, -0.2) is 52.9 Å². The number of carbonyl (C=O) groups excluding carboxylic acids is 2. The Kier molecular flexibility index (Phi) is 5.65. The number of amides is 2. The third-order valence-electron chi connectivity index (χ3n) is 4.16. The Morgan fingerprint density at radius 1 is 1.26 bits per heavy atom. The summed E-state index contributed by atoms with van der Waals surface area (Å²) in [5, 5.41) is 6.17. The monoisotopic (exact) mass is 323 g/mol. The van der Waals surface area contributed by atoms with Crippen LogP contribution in [0.5, 0.6) is 0 Å². The molecule has 2 rings (SSSR count). The van der Waals surface area contributed by atoms with Crippen LogP contribution in [0.1, 0.15) is 65.7 Å². The van der Waals surface area contributed by atoms with E-state index < -0.39 is 5.60 Å². The lowest BCUT2D eigenvalue weighted by Gasteiger charge is -2.24. The van der Waals surface area contributed by atoms with E-state index in [0.717, 1.165) is 31.4 Å². The normalized spacial score (nSPS) is 20.3. The minimum Gasteiger partial charge on any atom is -0.444 e. The van der Waals surface area contributed by atoms with Crippen molar-refractivity contribution in [1.29, 1.82) is 0 Å². The maximum Gasteiger partial charge on any atom is 0.410 e. The fraction of sp³-hybridized carbons (Fsp3) is 0.824. The van der Waals surface area contributed by atoms with Gasteiger partial charge in [0.05, 0.1) is 24.7 Å². The van der Waals surface area contributed by atoms with Crippen molar-refractivity contribution in [3.8, 4) is 0 Å². The molecule has 0 spiro atoms. The minimum atomic E-state index is -0.523. The van der Waals surface area contributed by atoms with Gasteiger partial charge >= 0.3 is 6.09 Å². The molecular formula is C17H29N3O3. The number of carbonyl (C=O) groups is 2. The molecule has 1 aliphatic heterocycles. The number of nitrogens with zero attached hydrogens (tertiary/aromatic N) is 3. The molecule has 2 aliphatic rings. The third-order valence-corrected chi connectivity index (χ3v) is 4.16. The molecule has 0 aromatic heterocycles. The van der Waals surface area contributed by atoms with Crippen molar-refractivity contribution in [3.05, 3.63) is 0 Å². The van der Waals surface area contributed by atoms with E-state index in [9.17, 15) is 9.59 Å². The molecule has 1 aliphatic carbocycles. The summed E-state index contributed by atoms with van der Waals surface area (Å²) >= 11 is 0. The van der Waals surface area contributed by atoms with E-state index >= 15 is 0 Å². The summed E-state index contributed by atoms with van der Waals surface area (Å²) in [6.07, 6.45) is 6.81. The van der Waals surface area contributed by atoms with Crippen LogP contribution in [0.25, 0.3) is 0 Å². The van der Waals surface area contributed by atoms with Crippen LogP contribution in [-0.2, 0) is 9.53 Å². The maximum absolute atomic E-state index is 12.3. The Balaban J connectivity index is 1.94. The molecule has 1 heterocycles. The van der Waals surface area contributed by atoms with E-state index in [-0.39, 0.29) is 18.0 Å². The molecule has 0 aromatic rings. The highest BCUT2D eigenvalue weighted by Crippen LogP contribution is 2.25. The van der Waals surface area contributed by atoms with Crippen molar-refractivity contribution in [3.63, 3.8) is 0 Å². The van der Waals surface area contributed by atoms with Gasteiger partial charge in [-0.25, -0.2) is 9.80 Å². The Labute approximate surface area is 138 Å². The van der Waals surface area contributed by atoms with Gasteiger partial charge in [0.15, 0.2) is 0 Å². The van der Waals surface area contributed by atoms with Gasteiger partial charge in [0, 0.05) is 7.05 Å². The first kappa shape index (κ1) is 17.8. The first-order chi connectivity index (χ1) is 10.8. The van der Waals surface area contributed by atoms with Gasteiger partial charge in [0.25, 0.3) is 0 Å². The topological polar surface area (TPSA) is 62.2 Å². The van der Waals surface area contributed by atoms with E-state index in [1.54, 1.807) is 12.1 Å². The zero-order chi connectivity index (χ0) is 17.0.